The van der Waals surface area contributed by atoms with Crippen molar-refractivity contribution in [2.45, 2.75) is 6.92 Å². The minimum Gasteiger partial charge on any atom is -0.308 e. The van der Waals surface area contributed by atoms with Crippen LogP contribution in [0, 0.1) is 6.92 Å². The van der Waals surface area contributed by atoms with E-state index in [9.17, 15) is 0 Å². The molecular weight excluding hydrogens is 759 g/mol. The van der Waals surface area contributed by atoms with Gasteiger partial charge in [-0.05, 0) is 48.4 Å². The van der Waals surface area contributed by atoms with Crippen molar-refractivity contribution in [3.63, 3.8) is 0 Å². The van der Waals surface area contributed by atoms with Gasteiger partial charge in [-0.25, -0.2) is 29.9 Å². The summed E-state index contributed by atoms with van der Waals surface area (Å²) in [5.74, 6) is 3.39. The predicted molar refractivity (Wildman–Crippen MR) is 250 cm³/mol. The predicted octanol–water partition coefficient (Wildman–Crippen LogP) is 13.1. The number of hydrogen-bond acceptors (Lipinski definition) is 6. The maximum Gasteiger partial charge on any atom is 0.166 e. The van der Waals surface area contributed by atoms with E-state index in [-0.39, 0.29) is 0 Å². The highest BCUT2D eigenvalue weighted by molar-refractivity contribution is 6.10. The molecule has 0 unspecified atom stereocenters. The molecule has 7 heteroatoms. The van der Waals surface area contributed by atoms with Gasteiger partial charge in [0.05, 0.1) is 16.7 Å². The van der Waals surface area contributed by atoms with Crippen LogP contribution >= 0.6 is 0 Å². The molecule has 7 nitrogen and oxygen atoms in total. The molecule has 0 saturated heterocycles. The van der Waals surface area contributed by atoms with Crippen molar-refractivity contribution in [1.82, 2.24) is 34.5 Å². The monoisotopic (exact) mass is 795 g/mol. The smallest absolute Gasteiger partial charge is 0.166 e. The van der Waals surface area contributed by atoms with E-state index in [0.717, 1.165) is 72.0 Å². The van der Waals surface area contributed by atoms with Gasteiger partial charge in [0.2, 0.25) is 0 Å². The molecule has 0 atom stereocenters. The summed E-state index contributed by atoms with van der Waals surface area (Å²) < 4.78 is 2.34. The Morgan fingerprint density at radius 2 is 0.694 bits per heavy atom. The van der Waals surface area contributed by atoms with Crippen molar-refractivity contribution in [1.29, 1.82) is 0 Å². The van der Waals surface area contributed by atoms with Gasteiger partial charge in [-0.15, -0.1) is 0 Å². The molecule has 0 aliphatic rings. The average molecular weight is 796 g/mol. The van der Waals surface area contributed by atoms with Gasteiger partial charge in [0.25, 0.3) is 0 Å². The van der Waals surface area contributed by atoms with Crippen molar-refractivity contribution in [2.24, 2.45) is 0 Å². The van der Waals surface area contributed by atoms with Gasteiger partial charge < -0.3 is 4.57 Å². The van der Waals surface area contributed by atoms with Gasteiger partial charge in [0.15, 0.2) is 34.9 Å². The van der Waals surface area contributed by atoms with E-state index in [0.29, 0.717) is 34.9 Å². The maximum absolute atomic E-state index is 5.28. The van der Waals surface area contributed by atoms with Crippen LogP contribution in [-0.2, 0) is 0 Å². The van der Waals surface area contributed by atoms with E-state index in [1.807, 2.05) is 121 Å². The third-order valence-corrected chi connectivity index (χ3v) is 11.2. The van der Waals surface area contributed by atoms with Crippen LogP contribution in [0.15, 0.2) is 206 Å². The highest BCUT2D eigenvalue weighted by atomic mass is 15.1. The number of benzene rings is 8. The summed E-state index contributed by atoms with van der Waals surface area (Å²) in [6.45, 7) is 2.12. The standard InChI is InChI=1S/C55H37N7/c1-36-26-28-37(29-27-36)42-30-32-45-44-24-14-15-25-47(44)62(49(45)35-42)48-33-31-43(54-58-50(38-16-6-2-7-17-38)56-51(59-54)39-18-8-3-9-19-39)34-46(48)55-60-52(40-20-10-4-11-21-40)57-53(61-55)41-22-12-5-13-23-41/h2-35H,1H3. The van der Waals surface area contributed by atoms with E-state index >= 15 is 0 Å². The molecule has 3 aromatic heterocycles. The molecule has 3 heterocycles. The highest BCUT2D eigenvalue weighted by Gasteiger charge is 2.22. The van der Waals surface area contributed by atoms with Gasteiger partial charge in [-0.3, -0.25) is 0 Å². The van der Waals surface area contributed by atoms with E-state index in [1.54, 1.807) is 0 Å². The molecule has 0 bridgehead atoms. The largest absolute Gasteiger partial charge is 0.308 e. The van der Waals surface area contributed by atoms with Crippen molar-refractivity contribution < 1.29 is 0 Å². The van der Waals surface area contributed by atoms with E-state index < -0.39 is 0 Å². The second-order valence-corrected chi connectivity index (χ2v) is 15.3. The van der Waals surface area contributed by atoms with Gasteiger partial charge in [-0.2, -0.15) is 0 Å². The molecule has 0 radical (unpaired) electrons. The molecule has 11 rings (SSSR count). The summed E-state index contributed by atoms with van der Waals surface area (Å²) in [5, 5.41) is 2.30. The minimum absolute atomic E-state index is 0.524. The fourth-order valence-electron chi connectivity index (χ4n) is 8.07. The third-order valence-electron chi connectivity index (χ3n) is 11.2. The number of fused-ring (bicyclic) bond motifs is 3. The lowest BCUT2D eigenvalue weighted by Gasteiger charge is -2.16. The Labute approximate surface area is 358 Å². The molecule has 0 N–H and O–H groups in total. The number of nitrogens with zero attached hydrogens (tertiary/aromatic N) is 7. The lowest BCUT2D eigenvalue weighted by Crippen LogP contribution is -2.05. The van der Waals surface area contributed by atoms with Crippen LogP contribution in [0.3, 0.4) is 0 Å². The highest BCUT2D eigenvalue weighted by Crippen LogP contribution is 2.40. The van der Waals surface area contributed by atoms with Crippen LogP contribution in [-0.4, -0.2) is 34.5 Å². The summed E-state index contributed by atoms with van der Waals surface area (Å²) in [4.78, 5) is 30.8. The van der Waals surface area contributed by atoms with Gasteiger partial charge in [0, 0.05) is 44.2 Å². The molecule has 0 amide bonds. The molecule has 0 fully saturated rings. The summed E-state index contributed by atoms with van der Waals surface area (Å²) >= 11 is 0. The fraction of sp³-hybridized carbons (Fsp3) is 0.0182. The SMILES string of the molecule is Cc1ccc(-c2ccc3c4ccccc4n(-c4ccc(-c5nc(-c6ccccc6)nc(-c6ccccc6)n5)cc4-c4nc(-c5ccccc5)nc(-c5ccccc5)n4)c3c2)cc1. The Morgan fingerprint density at radius 1 is 0.290 bits per heavy atom. The first-order chi connectivity index (χ1) is 30.6. The maximum atomic E-state index is 5.28. The van der Waals surface area contributed by atoms with Gasteiger partial charge >= 0.3 is 0 Å². The molecule has 0 spiro atoms. The number of hydrogen-bond donors (Lipinski definition) is 0. The molecule has 8 aromatic carbocycles. The first kappa shape index (κ1) is 36.6. The first-order valence-corrected chi connectivity index (χ1v) is 20.6. The van der Waals surface area contributed by atoms with Crippen LogP contribution in [0.2, 0.25) is 0 Å². The summed E-state index contributed by atoms with van der Waals surface area (Å²) in [6.07, 6.45) is 0. The summed E-state index contributed by atoms with van der Waals surface area (Å²) in [5.41, 5.74) is 11.7. The zero-order chi connectivity index (χ0) is 41.4. The zero-order valence-electron chi connectivity index (χ0n) is 33.8. The Balaban J connectivity index is 1.21. The molecule has 11 aromatic rings. The molecule has 0 aliphatic carbocycles. The number of rotatable bonds is 8. The van der Waals surface area contributed by atoms with Crippen molar-refractivity contribution in [2.75, 3.05) is 0 Å². The second-order valence-electron chi connectivity index (χ2n) is 15.3. The molecule has 0 saturated carbocycles. The number of aryl methyl sites for hydroxylation is 1. The Hall–Kier alpha value is -8.42. The summed E-state index contributed by atoms with van der Waals surface area (Å²) in [6, 6.07) is 70.6. The Morgan fingerprint density at radius 3 is 1.21 bits per heavy atom. The van der Waals surface area contributed by atoms with E-state index in [1.165, 1.54) is 5.56 Å². The normalized spacial score (nSPS) is 11.3. The summed E-state index contributed by atoms with van der Waals surface area (Å²) in [7, 11) is 0. The Bertz CT molecular complexity index is 3270. The van der Waals surface area contributed by atoms with E-state index in [4.69, 9.17) is 29.9 Å². The number of para-hydroxylation sites is 1. The topological polar surface area (TPSA) is 82.3 Å². The van der Waals surface area contributed by atoms with Gasteiger partial charge in [0.1, 0.15) is 0 Å². The lowest BCUT2D eigenvalue weighted by atomic mass is 10.0. The van der Waals surface area contributed by atoms with Gasteiger partial charge in [-0.1, -0.05) is 181 Å². The minimum atomic E-state index is 0.524. The van der Waals surface area contributed by atoms with Crippen LogP contribution in [0.25, 0.3) is 107 Å². The second kappa shape index (κ2) is 15.6. The fourth-order valence-corrected chi connectivity index (χ4v) is 8.07. The average Bonchev–Trinajstić information content (AvgIpc) is 3.68. The molecule has 0 aliphatic heterocycles. The van der Waals surface area contributed by atoms with E-state index in [2.05, 4.69) is 96.4 Å². The molecule has 62 heavy (non-hydrogen) atoms. The molecular formula is C55H37N7. The zero-order valence-corrected chi connectivity index (χ0v) is 33.8. The quantitative estimate of drug-likeness (QED) is 0.152. The molecule has 292 valence electrons. The van der Waals surface area contributed by atoms with Crippen molar-refractivity contribution in [3.8, 4) is 85.1 Å². The van der Waals surface area contributed by atoms with Crippen molar-refractivity contribution in [3.05, 3.63) is 212 Å². The lowest BCUT2D eigenvalue weighted by molar-refractivity contribution is 1.06. The number of aromatic nitrogens is 7. The van der Waals surface area contributed by atoms with Crippen LogP contribution in [0.1, 0.15) is 5.56 Å². The first-order valence-electron chi connectivity index (χ1n) is 20.6. The van der Waals surface area contributed by atoms with Crippen molar-refractivity contribution >= 4 is 21.8 Å². The van der Waals surface area contributed by atoms with Crippen LogP contribution in [0.4, 0.5) is 0 Å². The third kappa shape index (κ3) is 6.87. The van der Waals surface area contributed by atoms with Crippen LogP contribution in [0.5, 0.6) is 0 Å². The van der Waals surface area contributed by atoms with Crippen LogP contribution < -0.4 is 0 Å². The Kier molecular flexibility index (Phi) is 9.24.